The largest absolute Gasteiger partial charge is 0.421 e. The van der Waals surface area contributed by atoms with Crippen molar-refractivity contribution in [1.29, 1.82) is 0 Å². The molecular formula is C16H17F4N3O2. The van der Waals surface area contributed by atoms with Gasteiger partial charge >= 0.3 is 6.18 Å². The Morgan fingerprint density at radius 2 is 2.16 bits per heavy atom. The Kier molecular flexibility index (Phi) is 4.79. The molecule has 0 saturated carbocycles. The zero-order valence-electron chi connectivity index (χ0n) is 13.2. The van der Waals surface area contributed by atoms with Crippen molar-refractivity contribution in [3.8, 4) is 0 Å². The number of hydrogen-bond donors (Lipinski definition) is 2. The third-order valence-electron chi connectivity index (χ3n) is 4.37. The van der Waals surface area contributed by atoms with Gasteiger partial charge < -0.3 is 15.0 Å². The summed E-state index contributed by atoms with van der Waals surface area (Å²) in [5, 5.41) is 12.9. The third-order valence-corrected chi connectivity index (χ3v) is 4.37. The highest BCUT2D eigenvalue weighted by Crippen LogP contribution is 2.36. The topological polar surface area (TPSA) is 67.2 Å². The predicted molar refractivity (Wildman–Crippen MR) is 81.3 cm³/mol. The Balaban J connectivity index is 1.81. The minimum absolute atomic E-state index is 0.0410. The molecule has 0 radical (unpaired) electrons. The first-order valence-corrected chi connectivity index (χ1v) is 7.91. The molecule has 1 aliphatic heterocycles. The molecule has 1 fully saturated rings. The van der Waals surface area contributed by atoms with Crippen LogP contribution in [0.25, 0.3) is 11.0 Å². The highest BCUT2D eigenvalue weighted by atomic mass is 19.4. The zero-order chi connectivity index (χ0) is 18.2. The lowest BCUT2D eigenvalue weighted by Gasteiger charge is -2.28. The van der Waals surface area contributed by atoms with E-state index in [4.69, 9.17) is 0 Å². The summed E-state index contributed by atoms with van der Waals surface area (Å²) < 4.78 is 53.9. The number of carbonyl (C=O) groups is 1. The summed E-state index contributed by atoms with van der Waals surface area (Å²) >= 11 is 0. The van der Waals surface area contributed by atoms with Gasteiger partial charge in [-0.25, -0.2) is 9.37 Å². The van der Waals surface area contributed by atoms with Crippen molar-refractivity contribution in [2.75, 3.05) is 6.54 Å². The lowest BCUT2D eigenvalue weighted by atomic mass is 9.97. The summed E-state index contributed by atoms with van der Waals surface area (Å²) in [6.07, 6.45) is -2.90. The number of halogens is 4. The maximum atomic E-state index is 13.6. The normalized spacial score (nSPS) is 21.6. The van der Waals surface area contributed by atoms with Crippen LogP contribution in [0.4, 0.5) is 17.6 Å². The predicted octanol–water partition coefficient (Wildman–Crippen LogP) is 2.27. The monoisotopic (exact) mass is 359 g/mol. The highest BCUT2D eigenvalue weighted by Gasteiger charge is 2.37. The Morgan fingerprint density at radius 3 is 2.84 bits per heavy atom. The molecule has 1 saturated heterocycles. The Hall–Kier alpha value is -2.00. The average molecular weight is 359 g/mol. The second kappa shape index (κ2) is 6.72. The molecule has 2 aromatic rings. The highest BCUT2D eigenvalue weighted by molar-refractivity contribution is 5.84. The van der Waals surface area contributed by atoms with E-state index in [9.17, 15) is 27.5 Å². The van der Waals surface area contributed by atoms with E-state index >= 15 is 0 Å². The number of ketones is 1. The van der Waals surface area contributed by atoms with Gasteiger partial charge in [0.2, 0.25) is 0 Å². The number of fused-ring (bicyclic) bond motifs is 1. The van der Waals surface area contributed by atoms with Crippen LogP contribution in [-0.2, 0) is 17.5 Å². The van der Waals surface area contributed by atoms with E-state index in [1.807, 2.05) is 0 Å². The first kappa shape index (κ1) is 17.8. The summed E-state index contributed by atoms with van der Waals surface area (Å²) in [6, 6.07) is 1.54. The Labute approximate surface area is 140 Å². The van der Waals surface area contributed by atoms with Gasteiger partial charge in [-0.15, -0.1) is 0 Å². The van der Waals surface area contributed by atoms with Crippen LogP contribution in [0.1, 0.15) is 24.8 Å². The lowest BCUT2D eigenvalue weighted by Crippen LogP contribution is -2.46. The van der Waals surface area contributed by atoms with Gasteiger partial charge in [-0.1, -0.05) is 0 Å². The number of piperidine rings is 1. The average Bonchev–Trinajstić information content (AvgIpc) is 2.90. The molecule has 2 heterocycles. The van der Waals surface area contributed by atoms with E-state index in [1.54, 1.807) is 0 Å². The van der Waals surface area contributed by atoms with Gasteiger partial charge in [0.1, 0.15) is 16.9 Å². The Morgan fingerprint density at radius 1 is 1.40 bits per heavy atom. The Bertz CT molecular complexity index is 788. The number of alkyl halides is 3. The van der Waals surface area contributed by atoms with Gasteiger partial charge in [0.25, 0.3) is 0 Å². The number of nitrogens with one attached hydrogen (secondary N) is 1. The minimum Gasteiger partial charge on any atom is -0.391 e. The van der Waals surface area contributed by atoms with Gasteiger partial charge in [-0.2, -0.15) is 13.2 Å². The van der Waals surface area contributed by atoms with E-state index in [1.165, 1.54) is 10.6 Å². The molecule has 0 aliphatic carbocycles. The van der Waals surface area contributed by atoms with E-state index < -0.39 is 29.2 Å². The van der Waals surface area contributed by atoms with Gasteiger partial charge in [0, 0.05) is 12.5 Å². The number of aromatic nitrogens is 2. The van der Waals surface area contributed by atoms with Crippen molar-refractivity contribution in [1.82, 2.24) is 14.9 Å². The fourth-order valence-electron chi connectivity index (χ4n) is 3.15. The molecule has 3 rings (SSSR count). The molecular weight excluding hydrogens is 342 g/mol. The van der Waals surface area contributed by atoms with E-state index in [2.05, 4.69) is 10.3 Å². The molecule has 1 aromatic carbocycles. The standard InChI is InChI=1S/C16H17F4N3O2/c17-10-3-4-12-15(14(10)16(18,19)20)22-8-23(12)7-9(24)6-11-13(25)2-1-5-21-11/h3-4,8,11,13,21,25H,1-2,5-7H2/t11-,13+/m1/s1. The van der Waals surface area contributed by atoms with Gasteiger partial charge in [0.05, 0.1) is 24.5 Å². The zero-order valence-corrected chi connectivity index (χ0v) is 13.2. The number of Topliss-reactive ketones (excluding diaryl/α,β-unsaturated/α-hetero) is 1. The van der Waals surface area contributed by atoms with Gasteiger partial charge in [-0.3, -0.25) is 4.79 Å². The number of benzene rings is 1. The maximum Gasteiger partial charge on any atom is 0.421 e. The maximum absolute atomic E-state index is 13.6. The lowest BCUT2D eigenvalue weighted by molar-refractivity contribution is -0.138. The minimum atomic E-state index is -4.87. The second-order valence-corrected chi connectivity index (χ2v) is 6.17. The molecule has 2 N–H and O–H groups in total. The first-order valence-electron chi connectivity index (χ1n) is 7.91. The second-order valence-electron chi connectivity index (χ2n) is 6.17. The SMILES string of the molecule is O=C(C[C@H]1NCCC[C@@H]1O)Cn1cnc2c(C(F)(F)F)c(F)ccc21. The number of hydrogen-bond acceptors (Lipinski definition) is 4. The molecule has 1 aromatic heterocycles. The number of aliphatic hydroxyl groups is 1. The summed E-state index contributed by atoms with van der Waals surface area (Å²) in [5.74, 6) is -1.65. The molecule has 0 amide bonds. The van der Waals surface area contributed by atoms with Gasteiger partial charge in [0.15, 0.2) is 5.78 Å². The van der Waals surface area contributed by atoms with E-state index in [0.717, 1.165) is 18.8 Å². The van der Waals surface area contributed by atoms with Crippen LogP contribution in [0.15, 0.2) is 18.5 Å². The summed E-state index contributed by atoms with van der Waals surface area (Å²) in [7, 11) is 0. The fraction of sp³-hybridized carbons (Fsp3) is 0.500. The molecule has 0 unspecified atom stereocenters. The molecule has 136 valence electrons. The smallest absolute Gasteiger partial charge is 0.391 e. The fourth-order valence-corrected chi connectivity index (χ4v) is 3.15. The molecule has 0 spiro atoms. The number of imidazole rings is 1. The summed E-state index contributed by atoms with van der Waals surface area (Å²) in [4.78, 5) is 15.9. The number of aliphatic hydroxyl groups excluding tert-OH is 1. The number of nitrogens with zero attached hydrogens (tertiary/aromatic N) is 2. The van der Waals surface area contributed by atoms with Crippen molar-refractivity contribution in [3.63, 3.8) is 0 Å². The van der Waals surface area contributed by atoms with Crippen LogP contribution in [0, 0.1) is 5.82 Å². The summed E-state index contributed by atoms with van der Waals surface area (Å²) in [6.45, 7) is 0.515. The molecule has 2 atom stereocenters. The van der Waals surface area contributed by atoms with Crippen molar-refractivity contribution in [2.24, 2.45) is 0 Å². The number of rotatable bonds is 4. The van der Waals surface area contributed by atoms with Crippen molar-refractivity contribution in [3.05, 3.63) is 29.8 Å². The van der Waals surface area contributed by atoms with Crippen LogP contribution >= 0.6 is 0 Å². The van der Waals surface area contributed by atoms with Crippen LogP contribution < -0.4 is 5.32 Å². The van der Waals surface area contributed by atoms with E-state index in [0.29, 0.717) is 13.0 Å². The van der Waals surface area contributed by atoms with Crippen molar-refractivity contribution < 1.29 is 27.5 Å². The summed E-state index contributed by atoms with van der Waals surface area (Å²) in [5.41, 5.74) is -1.91. The van der Waals surface area contributed by atoms with E-state index in [-0.39, 0.29) is 30.3 Å². The van der Waals surface area contributed by atoms with Crippen LogP contribution in [-0.4, -0.2) is 39.1 Å². The van der Waals surface area contributed by atoms with Crippen LogP contribution in [0.5, 0.6) is 0 Å². The van der Waals surface area contributed by atoms with Crippen LogP contribution in [0.2, 0.25) is 0 Å². The van der Waals surface area contributed by atoms with Gasteiger partial charge in [-0.05, 0) is 31.5 Å². The molecule has 25 heavy (non-hydrogen) atoms. The van der Waals surface area contributed by atoms with Crippen LogP contribution in [0.3, 0.4) is 0 Å². The first-order chi connectivity index (χ1) is 11.8. The molecule has 9 heteroatoms. The molecule has 0 bridgehead atoms. The van der Waals surface area contributed by atoms with Crippen molar-refractivity contribution >= 4 is 16.8 Å². The molecule has 5 nitrogen and oxygen atoms in total. The third kappa shape index (κ3) is 3.67. The molecule has 1 aliphatic rings. The quantitative estimate of drug-likeness (QED) is 0.822. The number of carbonyl (C=O) groups excluding carboxylic acids is 1. The van der Waals surface area contributed by atoms with Crippen molar-refractivity contribution in [2.45, 2.75) is 44.1 Å².